The van der Waals surface area contributed by atoms with Crippen molar-refractivity contribution in [2.45, 2.75) is 31.9 Å². The van der Waals surface area contributed by atoms with Gasteiger partial charge in [0.1, 0.15) is 11.5 Å². The third-order valence-electron chi connectivity index (χ3n) is 4.31. The van der Waals surface area contributed by atoms with Crippen molar-refractivity contribution >= 4 is 16.7 Å². The van der Waals surface area contributed by atoms with Crippen LogP contribution in [0.3, 0.4) is 0 Å². The van der Waals surface area contributed by atoms with Crippen molar-refractivity contribution in [3.05, 3.63) is 35.9 Å². The number of phenolic OH excluding ortho intramolecular Hbond substituents is 2. The lowest BCUT2D eigenvalue weighted by Gasteiger charge is -2.31. The monoisotopic (exact) mass is 301 g/mol. The van der Waals surface area contributed by atoms with Crippen molar-refractivity contribution in [3.8, 4) is 11.5 Å². The lowest BCUT2D eigenvalue weighted by Crippen LogP contribution is -2.42. The molecule has 5 nitrogen and oxygen atoms in total. The average Bonchev–Trinajstić information content (AvgIpc) is 2.72. The molecule has 1 heterocycles. The molecule has 0 bridgehead atoms. The van der Waals surface area contributed by atoms with E-state index >= 15 is 0 Å². The summed E-state index contributed by atoms with van der Waals surface area (Å²) in [5, 5.41) is 31.0. The maximum absolute atomic E-state index is 12.7. The molecule has 1 fully saturated rings. The van der Waals surface area contributed by atoms with E-state index in [-0.39, 0.29) is 29.5 Å². The van der Waals surface area contributed by atoms with Gasteiger partial charge in [0.05, 0.1) is 11.7 Å². The van der Waals surface area contributed by atoms with Gasteiger partial charge in [0, 0.05) is 17.5 Å². The highest BCUT2D eigenvalue weighted by Crippen LogP contribution is 2.35. The third-order valence-corrected chi connectivity index (χ3v) is 4.31. The number of aliphatic hydroxyl groups is 1. The summed E-state index contributed by atoms with van der Waals surface area (Å²) < 4.78 is 0. The van der Waals surface area contributed by atoms with E-state index in [4.69, 9.17) is 0 Å². The molecule has 1 amide bonds. The summed E-state index contributed by atoms with van der Waals surface area (Å²) in [6, 6.07) is 7.97. The Balaban J connectivity index is 2.07. The Kier molecular flexibility index (Phi) is 3.25. The van der Waals surface area contributed by atoms with Gasteiger partial charge in [-0.1, -0.05) is 12.1 Å². The van der Waals surface area contributed by atoms with Gasteiger partial charge in [-0.2, -0.15) is 0 Å². The molecule has 1 aliphatic rings. The third kappa shape index (κ3) is 2.27. The van der Waals surface area contributed by atoms with Crippen LogP contribution in [0, 0.1) is 0 Å². The summed E-state index contributed by atoms with van der Waals surface area (Å²) in [6.45, 7) is 4.04. The number of phenols is 2. The number of nitrogens with zero attached hydrogens (tertiary/aromatic N) is 1. The average molecular weight is 301 g/mol. The predicted octanol–water partition coefficient (Wildman–Crippen LogP) is 2.24. The second-order valence-electron chi connectivity index (χ2n) is 6.45. The number of aliphatic hydroxyl groups excluding tert-OH is 1. The van der Waals surface area contributed by atoms with Crippen LogP contribution >= 0.6 is 0 Å². The molecular weight excluding hydrogens is 282 g/mol. The maximum atomic E-state index is 12.7. The van der Waals surface area contributed by atoms with Crippen molar-refractivity contribution in [2.24, 2.45) is 0 Å². The standard InChI is InChI=1S/C17H19NO4/c1-17(2)8-12(20)9-18(17)16(22)13-6-4-10-3-5-11(19)7-14(10)15(13)21/h3-7,12,19-21H,8-9H2,1-2H3. The first-order valence-corrected chi connectivity index (χ1v) is 7.24. The number of amides is 1. The zero-order chi connectivity index (χ0) is 16.1. The van der Waals surface area contributed by atoms with Gasteiger partial charge in [-0.15, -0.1) is 0 Å². The van der Waals surface area contributed by atoms with Gasteiger partial charge >= 0.3 is 0 Å². The number of hydrogen-bond donors (Lipinski definition) is 3. The summed E-state index contributed by atoms with van der Waals surface area (Å²) in [7, 11) is 0. The Morgan fingerprint density at radius 2 is 1.91 bits per heavy atom. The summed E-state index contributed by atoms with van der Waals surface area (Å²) in [5.74, 6) is -0.427. The van der Waals surface area contributed by atoms with Crippen LogP contribution in [0.25, 0.3) is 10.8 Å². The molecule has 0 aromatic heterocycles. The molecule has 5 heteroatoms. The first kappa shape index (κ1) is 14.7. The number of likely N-dealkylation sites (tertiary alicyclic amines) is 1. The van der Waals surface area contributed by atoms with Crippen LogP contribution < -0.4 is 0 Å². The van der Waals surface area contributed by atoms with Crippen LogP contribution in [0.5, 0.6) is 11.5 Å². The van der Waals surface area contributed by atoms with Gasteiger partial charge in [0.25, 0.3) is 5.91 Å². The zero-order valence-corrected chi connectivity index (χ0v) is 12.6. The van der Waals surface area contributed by atoms with Gasteiger partial charge in [0.2, 0.25) is 0 Å². The summed E-state index contributed by atoms with van der Waals surface area (Å²) in [5.41, 5.74) is -0.281. The van der Waals surface area contributed by atoms with Crippen molar-refractivity contribution in [3.63, 3.8) is 0 Å². The van der Waals surface area contributed by atoms with Crippen LogP contribution in [0.4, 0.5) is 0 Å². The highest BCUT2D eigenvalue weighted by Gasteiger charge is 2.41. The van der Waals surface area contributed by atoms with Crippen molar-refractivity contribution < 1.29 is 20.1 Å². The molecule has 0 aliphatic carbocycles. The molecule has 116 valence electrons. The number of benzene rings is 2. The Labute approximate surface area is 128 Å². The molecule has 3 rings (SSSR count). The molecule has 0 spiro atoms. The van der Waals surface area contributed by atoms with E-state index in [9.17, 15) is 20.1 Å². The second-order valence-corrected chi connectivity index (χ2v) is 6.45. The fourth-order valence-corrected chi connectivity index (χ4v) is 3.18. The molecule has 1 unspecified atom stereocenters. The largest absolute Gasteiger partial charge is 0.508 e. The summed E-state index contributed by atoms with van der Waals surface area (Å²) in [6.07, 6.45) is -0.0426. The molecular formula is C17H19NO4. The van der Waals surface area contributed by atoms with Crippen LogP contribution in [-0.2, 0) is 0 Å². The normalized spacial score (nSPS) is 20.5. The molecule has 1 saturated heterocycles. The lowest BCUT2D eigenvalue weighted by molar-refractivity contribution is 0.0638. The second kappa shape index (κ2) is 4.88. The van der Waals surface area contributed by atoms with Crippen LogP contribution in [-0.4, -0.2) is 44.3 Å². The van der Waals surface area contributed by atoms with Crippen LogP contribution in [0.2, 0.25) is 0 Å². The number of hydrogen-bond acceptors (Lipinski definition) is 4. The lowest BCUT2D eigenvalue weighted by atomic mass is 9.99. The molecule has 0 radical (unpaired) electrons. The Hall–Kier alpha value is -2.27. The van der Waals surface area contributed by atoms with E-state index in [1.807, 2.05) is 13.8 Å². The molecule has 3 N–H and O–H groups in total. The smallest absolute Gasteiger partial charge is 0.258 e. The number of carbonyl (C=O) groups is 1. The highest BCUT2D eigenvalue weighted by atomic mass is 16.3. The topological polar surface area (TPSA) is 81.0 Å². The van der Waals surface area contributed by atoms with E-state index in [1.54, 1.807) is 23.1 Å². The van der Waals surface area contributed by atoms with E-state index in [2.05, 4.69) is 0 Å². The minimum Gasteiger partial charge on any atom is -0.508 e. The van der Waals surface area contributed by atoms with E-state index in [1.165, 1.54) is 12.1 Å². The van der Waals surface area contributed by atoms with Crippen LogP contribution in [0.1, 0.15) is 30.6 Å². The molecule has 0 saturated carbocycles. The molecule has 2 aromatic carbocycles. The van der Waals surface area contributed by atoms with Gasteiger partial charge in [0.15, 0.2) is 0 Å². The molecule has 1 aliphatic heterocycles. The van der Waals surface area contributed by atoms with Crippen molar-refractivity contribution in [2.75, 3.05) is 6.54 Å². The van der Waals surface area contributed by atoms with E-state index < -0.39 is 11.6 Å². The number of aromatic hydroxyl groups is 2. The van der Waals surface area contributed by atoms with Gasteiger partial charge in [-0.05, 0) is 43.9 Å². The van der Waals surface area contributed by atoms with E-state index in [0.717, 1.165) is 5.39 Å². The van der Waals surface area contributed by atoms with Crippen molar-refractivity contribution in [1.82, 2.24) is 4.90 Å². The summed E-state index contributed by atoms with van der Waals surface area (Å²) in [4.78, 5) is 14.3. The zero-order valence-electron chi connectivity index (χ0n) is 12.6. The fourth-order valence-electron chi connectivity index (χ4n) is 3.18. The SMILES string of the molecule is CC1(C)CC(O)CN1C(=O)c1ccc2ccc(O)cc2c1O. The predicted molar refractivity (Wildman–Crippen MR) is 83.0 cm³/mol. The molecule has 1 atom stereocenters. The first-order valence-electron chi connectivity index (χ1n) is 7.24. The van der Waals surface area contributed by atoms with Gasteiger partial charge in [-0.3, -0.25) is 4.79 Å². The van der Waals surface area contributed by atoms with Gasteiger partial charge in [-0.25, -0.2) is 0 Å². The molecule has 22 heavy (non-hydrogen) atoms. The van der Waals surface area contributed by atoms with Crippen LogP contribution in [0.15, 0.2) is 30.3 Å². The minimum absolute atomic E-state index is 0.0318. The number of rotatable bonds is 1. The Morgan fingerprint density at radius 3 is 2.55 bits per heavy atom. The number of fused-ring (bicyclic) bond motifs is 1. The molecule has 2 aromatic rings. The fraction of sp³-hybridized carbons (Fsp3) is 0.353. The quantitative estimate of drug-likeness (QED) is 0.754. The summed E-state index contributed by atoms with van der Waals surface area (Å²) >= 11 is 0. The highest BCUT2D eigenvalue weighted by molar-refractivity contribution is 6.04. The Bertz CT molecular complexity index is 754. The van der Waals surface area contributed by atoms with Gasteiger partial charge < -0.3 is 20.2 Å². The first-order chi connectivity index (χ1) is 10.3. The van der Waals surface area contributed by atoms with Crippen molar-refractivity contribution in [1.29, 1.82) is 0 Å². The number of β-amino-alcohol motifs (C(OH)–C–C–N with tert-alkyl or cyclic N) is 1. The Morgan fingerprint density at radius 1 is 1.23 bits per heavy atom. The number of carbonyl (C=O) groups excluding carboxylic acids is 1. The maximum Gasteiger partial charge on any atom is 0.258 e. The van der Waals surface area contributed by atoms with E-state index in [0.29, 0.717) is 11.8 Å². The minimum atomic E-state index is -0.550.